The van der Waals surface area contributed by atoms with E-state index in [1.807, 2.05) is 12.1 Å². The number of hydrogen-bond acceptors (Lipinski definition) is 17. The van der Waals surface area contributed by atoms with Crippen molar-refractivity contribution in [1.29, 1.82) is 0 Å². The van der Waals surface area contributed by atoms with E-state index in [4.69, 9.17) is 27.0 Å². The Morgan fingerprint density at radius 1 is 0.374 bits per heavy atom. The molecule has 0 aliphatic carbocycles. The summed E-state index contributed by atoms with van der Waals surface area (Å²) < 4.78 is 169. The molecule has 0 atom stereocenters. The van der Waals surface area contributed by atoms with Crippen molar-refractivity contribution in [3.05, 3.63) is 420 Å². The Bertz CT molecular complexity index is 6280. The fourth-order valence-electron chi connectivity index (χ4n) is 10.7. The molecule has 0 aliphatic heterocycles. The van der Waals surface area contributed by atoms with E-state index in [2.05, 4.69) is 133 Å². The minimum Gasteiger partial charge on any atom is -0.573 e. The van der Waals surface area contributed by atoms with Gasteiger partial charge < -0.3 is 55.5 Å². The number of carboxylic acids is 4. The molecule has 41 heteroatoms. The summed E-state index contributed by atoms with van der Waals surface area (Å²) in [6.45, 7) is 18.7. The van der Waals surface area contributed by atoms with Gasteiger partial charge >= 0.3 is 30.1 Å². The largest absolute Gasteiger partial charge is 0.573 e. The fourth-order valence-corrected chi connectivity index (χ4v) is 10.7. The maximum Gasteiger partial charge on any atom is 0.431 e. The molecule has 0 aliphatic rings. The van der Waals surface area contributed by atoms with Gasteiger partial charge in [-0.1, -0.05) is 184 Å². The summed E-state index contributed by atoms with van der Waals surface area (Å²) in [5, 5.41) is 39.8. The van der Waals surface area contributed by atoms with E-state index in [1.54, 1.807) is 166 Å². The van der Waals surface area contributed by atoms with Crippen LogP contribution < -0.4 is 5.10 Å². The SMILES string of the molecule is CC(C)Cc1ccc(-c2[c-]cc(F)cc2F)nc1.CC(C)Cc1ccnc(-c2[c-]cc(F)nc2F)c1.CC(C)c1c(F)c[c-]c(-c2ccccn2)c1F.FC(F)(F)c1cc(-c2ccccn2)[n-]n1.Fc1c[c-]c(-c2ccccn2)c(F)n1.O=C(O)c1ccccn1.O=C(O)c1ccccn1.O=C(O)c1ccccn1.O=C(O)c1ccccn1.[C-]#[N+]c1c(F)c[c-]c(-c2ccccn2)c1F.[Ir].[Ir].[Ir].[Ir].[Ir]. The van der Waals surface area contributed by atoms with E-state index in [0.717, 1.165) is 60.4 Å². The number of aromatic nitrogens is 14. The minimum atomic E-state index is -4.46. The molecule has 4 N–H and O–H groups in total. The van der Waals surface area contributed by atoms with Gasteiger partial charge in [-0.3, -0.25) is 46.1 Å². The predicted octanol–water partition coefficient (Wildman–Crippen LogP) is 22.2. The molecule has 139 heavy (non-hydrogen) atoms. The normalized spacial score (nSPS) is 9.88. The van der Waals surface area contributed by atoms with Crippen LogP contribution in [0.4, 0.5) is 62.8 Å². The van der Waals surface area contributed by atoms with Crippen molar-refractivity contribution in [1.82, 2.24) is 70.0 Å². The molecular formula is C98H74F13Ir5N15O8-6. The molecule has 0 amide bonds. The van der Waals surface area contributed by atoms with Crippen molar-refractivity contribution in [2.75, 3.05) is 0 Å². The summed E-state index contributed by atoms with van der Waals surface area (Å²) in [5.74, 6) is -10.9. The number of hydrogen-bond donors (Lipinski definition) is 4. The third-order valence-corrected chi connectivity index (χ3v) is 16.6. The van der Waals surface area contributed by atoms with Crippen molar-refractivity contribution in [3.8, 4) is 67.7 Å². The third-order valence-electron chi connectivity index (χ3n) is 16.6. The summed E-state index contributed by atoms with van der Waals surface area (Å²) in [5.41, 5.74) is 4.14. The molecule has 16 aromatic rings. The molecule has 13 heterocycles. The fraction of sp³-hybridized carbons (Fsp3) is 0.122. The molecule has 0 saturated carbocycles. The van der Waals surface area contributed by atoms with E-state index in [9.17, 15) is 76.3 Å². The van der Waals surface area contributed by atoms with Gasteiger partial charge in [-0.05, 0) is 156 Å². The Morgan fingerprint density at radius 3 is 1.07 bits per heavy atom. The molecule has 0 fully saturated rings. The summed E-state index contributed by atoms with van der Waals surface area (Å²) in [4.78, 5) is 87.9. The van der Waals surface area contributed by atoms with Crippen LogP contribution in [0.3, 0.4) is 0 Å². The Hall–Kier alpha value is -13.6. The third kappa shape index (κ3) is 41.3. The Morgan fingerprint density at radius 2 is 0.734 bits per heavy atom. The number of alkyl halides is 3. The van der Waals surface area contributed by atoms with Gasteiger partial charge in [0.2, 0.25) is 0 Å². The molecule has 3 aromatic carbocycles. The van der Waals surface area contributed by atoms with Gasteiger partial charge in [0, 0.05) is 203 Å². The smallest absolute Gasteiger partial charge is 0.431 e. The topological polar surface area (TPSA) is 335 Å². The first kappa shape index (κ1) is 121. The quantitative estimate of drug-likeness (QED) is 0.0421. The van der Waals surface area contributed by atoms with Crippen LogP contribution in [0.5, 0.6) is 0 Å². The van der Waals surface area contributed by atoms with Gasteiger partial charge in [0.15, 0.2) is 5.69 Å². The average molecular weight is 2800 g/mol. The van der Waals surface area contributed by atoms with Crippen LogP contribution in [-0.2, 0) is 120 Å². The number of carbonyl (C=O) groups is 4. The molecule has 731 valence electrons. The zero-order valence-corrected chi connectivity index (χ0v) is 84.8. The molecule has 23 nitrogen and oxygen atoms in total. The molecule has 16 rings (SSSR count). The Kier molecular flexibility index (Phi) is 55.0. The number of nitrogens with zero attached hydrogens (tertiary/aromatic N) is 15. The van der Waals surface area contributed by atoms with E-state index in [1.165, 1.54) is 73.7 Å². The second-order valence-corrected chi connectivity index (χ2v) is 27.8. The van der Waals surface area contributed by atoms with Gasteiger partial charge in [-0.25, -0.2) is 56.7 Å². The molecule has 0 spiro atoms. The van der Waals surface area contributed by atoms with Crippen LogP contribution in [-0.4, -0.2) is 109 Å². The Balaban J connectivity index is 0.000000525. The van der Waals surface area contributed by atoms with Crippen molar-refractivity contribution in [2.45, 2.75) is 66.5 Å². The summed E-state index contributed by atoms with van der Waals surface area (Å²) >= 11 is 0. The summed E-state index contributed by atoms with van der Waals surface area (Å²) in [7, 11) is 0. The maximum atomic E-state index is 14.2. The molecular weight excluding hydrogens is 2720 g/mol. The molecule has 0 unspecified atom stereocenters. The second kappa shape index (κ2) is 63.0. The molecule has 13 aromatic heterocycles. The van der Waals surface area contributed by atoms with Gasteiger partial charge in [-0.2, -0.15) is 13.2 Å². The van der Waals surface area contributed by atoms with E-state index in [0.29, 0.717) is 46.0 Å². The number of aromatic carboxylic acids is 4. The second-order valence-electron chi connectivity index (χ2n) is 27.8. The zero-order valence-electron chi connectivity index (χ0n) is 72.8. The number of carboxylic acid groups (broad SMARTS) is 4. The summed E-state index contributed by atoms with van der Waals surface area (Å²) in [6.07, 6.45) is 12.6. The van der Waals surface area contributed by atoms with Crippen LogP contribution in [0.25, 0.3) is 72.5 Å². The van der Waals surface area contributed by atoms with Crippen molar-refractivity contribution in [2.24, 2.45) is 11.8 Å². The van der Waals surface area contributed by atoms with Crippen molar-refractivity contribution >= 4 is 29.6 Å². The first-order chi connectivity index (χ1) is 64.0. The van der Waals surface area contributed by atoms with Crippen molar-refractivity contribution < 1.29 is 197 Å². The van der Waals surface area contributed by atoms with Crippen molar-refractivity contribution in [3.63, 3.8) is 0 Å². The molecule has 0 saturated heterocycles. The van der Waals surface area contributed by atoms with Gasteiger partial charge in [0.25, 0.3) is 0 Å². The molecule has 0 bridgehead atoms. The number of rotatable bonds is 15. The van der Waals surface area contributed by atoms with E-state index < -0.39 is 100 Å². The van der Waals surface area contributed by atoms with Crippen LogP contribution in [0.15, 0.2) is 274 Å². The van der Waals surface area contributed by atoms with Crippen LogP contribution in [0, 0.1) is 107 Å². The van der Waals surface area contributed by atoms with Gasteiger partial charge in [0.05, 0.1) is 6.57 Å². The zero-order chi connectivity index (χ0) is 97.8. The standard InChI is InChI=1S/C15H14F2N.C14H13F2N2.C14H12F2N.C12H5F2N2.C10H5F2N2.C9H5F3N3.4C6H5NO2.5Ir/c1-10(2)7-11-3-6-15(18-9-11)13-5-4-12(16)8-14(13)17;1-9(2)7-10-5-6-17-12(8-10)11-3-4-13(15)18-14(11)16;1-9(2)13-11(15)7-6-10(14(13)16)12-5-3-4-8-17-12;1-15-12-9(13)6-5-8(11(12)14)10-4-2-3-7-16-10;11-9-5-4-7(10(12)14-9)8-3-1-2-6-13-8;10-9(11,12)8-5-7(14-15-8)6-3-1-2-4-13-6;4*8-6(9)5-3-1-2-4-7-5;;;;;/h3-4,6,8-10H,7H2,1-2H3;4-6,8-9H,7H2,1-2H3;3-5,7-9H,1-2H3;2-4,6-7H;1-3,5-6H;1-5H;4*1-4H,(H,8,9);;;;;/q6*-1;;;;;;;;;. The van der Waals surface area contributed by atoms with E-state index in [-0.39, 0.29) is 168 Å². The number of pyridine rings is 12. The monoisotopic (exact) mass is 2800 g/mol. The van der Waals surface area contributed by atoms with Crippen LogP contribution >= 0.6 is 0 Å². The predicted molar refractivity (Wildman–Crippen MR) is 466 cm³/mol. The maximum absolute atomic E-state index is 14.2. The number of halogens is 13. The first-order valence-corrected chi connectivity index (χ1v) is 39.3. The first-order valence-electron chi connectivity index (χ1n) is 39.3. The van der Waals surface area contributed by atoms with Gasteiger partial charge in [-0.15, -0.1) is 54.1 Å². The Labute approximate surface area is 856 Å². The summed E-state index contributed by atoms with van der Waals surface area (Å²) in [6, 6.07) is 65.9. The number of benzene rings is 3. The van der Waals surface area contributed by atoms with Crippen LogP contribution in [0.2, 0.25) is 0 Å². The van der Waals surface area contributed by atoms with E-state index >= 15 is 0 Å². The van der Waals surface area contributed by atoms with Gasteiger partial charge in [0.1, 0.15) is 52.3 Å². The molecule has 5 radical (unpaired) electrons. The average Bonchev–Trinajstić information content (AvgIpc) is 1.47. The minimum absolute atomic E-state index is 0. The van der Waals surface area contributed by atoms with Crippen LogP contribution in [0.1, 0.15) is 112 Å².